The lowest BCUT2D eigenvalue weighted by molar-refractivity contribution is -0.127. The SMILES string of the molecule is C/C(=C\C(=O)N1CCC[C@H]1CN1CCCC1)C1CC1. The molecule has 0 aromatic rings. The van der Waals surface area contributed by atoms with Gasteiger partial charge in [-0.15, -0.1) is 0 Å². The quantitative estimate of drug-likeness (QED) is 0.727. The number of allylic oxidation sites excluding steroid dienone is 1. The summed E-state index contributed by atoms with van der Waals surface area (Å²) in [5, 5.41) is 0. The van der Waals surface area contributed by atoms with Crippen LogP contribution in [0.2, 0.25) is 0 Å². The van der Waals surface area contributed by atoms with Gasteiger partial charge in [-0.05, 0) is 64.5 Å². The molecule has 0 bridgehead atoms. The summed E-state index contributed by atoms with van der Waals surface area (Å²) in [5.74, 6) is 0.981. The molecule has 0 aromatic carbocycles. The van der Waals surface area contributed by atoms with Gasteiger partial charge >= 0.3 is 0 Å². The topological polar surface area (TPSA) is 23.6 Å². The van der Waals surface area contributed by atoms with Gasteiger partial charge in [-0.3, -0.25) is 4.79 Å². The van der Waals surface area contributed by atoms with Crippen LogP contribution in [0, 0.1) is 5.92 Å². The first kappa shape index (κ1) is 13.2. The van der Waals surface area contributed by atoms with E-state index in [9.17, 15) is 4.79 Å². The van der Waals surface area contributed by atoms with Crippen LogP contribution in [0.5, 0.6) is 0 Å². The van der Waals surface area contributed by atoms with Crippen LogP contribution >= 0.6 is 0 Å². The smallest absolute Gasteiger partial charge is 0.246 e. The Morgan fingerprint density at radius 2 is 1.84 bits per heavy atom. The molecular formula is C16H26N2O. The number of hydrogen-bond donors (Lipinski definition) is 0. The first-order chi connectivity index (χ1) is 9.24. The Morgan fingerprint density at radius 3 is 2.53 bits per heavy atom. The zero-order chi connectivity index (χ0) is 13.2. The van der Waals surface area contributed by atoms with Crippen molar-refractivity contribution in [2.24, 2.45) is 5.92 Å². The Kier molecular flexibility index (Phi) is 3.92. The fraction of sp³-hybridized carbons (Fsp3) is 0.812. The van der Waals surface area contributed by atoms with Gasteiger partial charge in [0.1, 0.15) is 0 Å². The first-order valence-electron chi connectivity index (χ1n) is 7.95. The lowest BCUT2D eigenvalue weighted by atomic mass is 10.1. The third-order valence-electron chi connectivity index (χ3n) is 4.90. The van der Waals surface area contributed by atoms with Crippen molar-refractivity contribution in [2.75, 3.05) is 26.2 Å². The molecule has 0 N–H and O–H groups in total. The monoisotopic (exact) mass is 262 g/mol. The summed E-state index contributed by atoms with van der Waals surface area (Å²) in [5.41, 5.74) is 1.30. The zero-order valence-electron chi connectivity index (χ0n) is 12.1. The predicted molar refractivity (Wildman–Crippen MR) is 76.9 cm³/mol. The summed E-state index contributed by atoms with van der Waals surface area (Å²) in [7, 11) is 0. The maximum atomic E-state index is 12.4. The molecule has 1 saturated carbocycles. The molecule has 3 fully saturated rings. The minimum Gasteiger partial charge on any atom is -0.335 e. The molecule has 2 aliphatic heterocycles. The van der Waals surface area contributed by atoms with E-state index in [0.29, 0.717) is 12.0 Å². The average molecular weight is 262 g/mol. The Balaban J connectivity index is 1.58. The van der Waals surface area contributed by atoms with Gasteiger partial charge < -0.3 is 9.80 Å². The highest BCUT2D eigenvalue weighted by atomic mass is 16.2. The lowest BCUT2D eigenvalue weighted by Gasteiger charge is -2.28. The molecule has 19 heavy (non-hydrogen) atoms. The van der Waals surface area contributed by atoms with Crippen molar-refractivity contribution < 1.29 is 4.79 Å². The van der Waals surface area contributed by atoms with Crippen LogP contribution in [0.1, 0.15) is 45.4 Å². The molecule has 0 radical (unpaired) electrons. The zero-order valence-corrected chi connectivity index (χ0v) is 12.1. The largest absolute Gasteiger partial charge is 0.335 e. The molecule has 0 aromatic heterocycles. The fourth-order valence-corrected chi connectivity index (χ4v) is 3.51. The number of hydrogen-bond acceptors (Lipinski definition) is 2. The van der Waals surface area contributed by atoms with Crippen LogP contribution in [0.15, 0.2) is 11.6 Å². The van der Waals surface area contributed by atoms with Crippen molar-refractivity contribution in [2.45, 2.75) is 51.5 Å². The third kappa shape index (κ3) is 3.19. The van der Waals surface area contributed by atoms with Gasteiger partial charge in [-0.1, -0.05) is 5.57 Å². The minimum atomic E-state index is 0.270. The van der Waals surface area contributed by atoms with E-state index in [1.54, 1.807) is 0 Å². The van der Waals surface area contributed by atoms with Gasteiger partial charge in [0.2, 0.25) is 5.91 Å². The maximum Gasteiger partial charge on any atom is 0.246 e. The molecule has 106 valence electrons. The van der Waals surface area contributed by atoms with Crippen molar-refractivity contribution >= 4 is 5.91 Å². The molecule has 1 aliphatic carbocycles. The molecule has 1 atom stereocenters. The highest BCUT2D eigenvalue weighted by Crippen LogP contribution is 2.36. The van der Waals surface area contributed by atoms with E-state index in [4.69, 9.17) is 0 Å². The third-order valence-corrected chi connectivity index (χ3v) is 4.90. The summed E-state index contributed by atoms with van der Waals surface area (Å²) in [6, 6.07) is 0.467. The summed E-state index contributed by atoms with van der Waals surface area (Å²) in [6.07, 6.45) is 9.53. The van der Waals surface area contributed by atoms with E-state index in [2.05, 4.69) is 16.7 Å². The van der Waals surface area contributed by atoms with E-state index in [1.165, 1.54) is 57.2 Å². The van der Waals surface area contributed by atoms with Crippen molar-refractivity contribution in [1.29, 1.82) is 0 Å². The van der Waals surface area contributed by atoms with Crippen molar-refractivity contribution in [3.05, 3.63) is 11.6 Å². The Hall–Kier alpha value is -0.830. The Labute approximate surface area is 116 Å². The summed E-state index contributed by atoms with van der Waals surface area (Å²) in [6.45, 7) is 6.65. The van der Waals surface area contributed by atoms with Crippen molar-refractivity contribution in [3.63, 3.8) is 0 Å². The highest BCUT2D eigenvalue weighted by Gasteiger charge is 2.31. The molecule has 0 unspecified atom stereocenters. The molecule has 3 nitrogen and oxygen atoms in total. The second-order valence-corrected chi connectivity index (χ2v) is 6.50. The molecule has 3 aliphatic rings. The number of likely N-dealkylation sites (tertiary alicyclic amines) is 2. The second-order valence-electron chi connectivity index (χ2n) is 6.50. The molecule has 0 spiro atoms. The van der Waals surface area contributed by atoms with Gasteiger partial charge in [0, 0.05) is 25.2 Å². The molecule has 3 heteroatoms. The summed E-state index contributed by atoms with van der Waals surface area (Å²) >= 11 is 0. The maximum absolute atomic E-state index is 12.4. The first-order valence-corrected chi connectivity index (χ1v) is 7.95. The standard InChI is InChI=1S/C16H26N2O/c1-13(14-6-7-14)11-16(19)18-10-4-5-15(18)12-17-8-2-3-9-17/h11,14-15H,2-10,12H2,1H3/b13-11+/t15-/m0/s1. The van der Waals surface area contributed by atoms with E-state index in [-0.39, 0.29) is 5.91 Å². The van der Waals surface area contributed by atoms with Crippen molar-refractivity contribution in [3.8, 4) is 0 Å². The molecule has 3 rings (SSSR count). The number of carbonyl (C=O) groups is 1. The van der Waals surface area contributed by atoms with E-state index >= 15 is 0 Å². The van der Waals surface area contributed by atoms with Crippen LogP contribution in [0.4, 0.5) is 0 Å². The van der Waals surface area contributed by atoms with Crippen LogP contribution in [0.3, 0.4) is 0 Å². The fourth-order valence-electron chi connectivity index (χ4n) is 3.51. The molecule has 1 amide bonds. The van der Waals surface area contributed by atoms with Crippen molar-refractivity contribution in [1.82, 2.24) is 9.80 Å². The van der Waals surface area contributed by atoms with E-state index < -0.39 is 0 Å². The Bertz CT molecular complexity index is 367. The van der Waals surface area contributed by atoms with Gasteiger partial charge in [0.05, 0.1) is 0 Å². The van der Waals surface area contributed by atoms with Crippen LogP contribution in [-0.2, 0) is 4.79 Å². The van der Waals surface area contributed by atoms with E-state index in [0.717, 1.165) is 13.1 Å². The highest BCUT2D eigenvalue weighted by molar-refractivity contribution is 5.88. The second kappa shape index (κ2) is 5.66. The number of rotatable bonds is 4. The minimum absolute atomic E-state index is 0.270. The molecule has 2 heterocycles. The molecular weight excluding hydrogens is 236 g/mol. The number of nitrogens with zero attached hydrogens (tertiary/aromatic N) is 2. The predicted octanol–water partition coefficient (Wildman–Crippen LogP) is 2.43. The average Bonchev–Trinajstić information content (AvgIpc) is 2.93. The van der Waals surface area contributed by atoms with Crippen LogP contribution < -0.4 is 0 Å². The normalized spacial score (nSPS) is 29.2. The number of amides is 1. The number of carbonyl (C=O) groups excluding carboxylic acids is 1. The van der Waals surface area contributed by atoms with E-state index in [1.807, 2.05) is 6.08 Å². The van der Waals surface area contributed by atoms with Gasteiger partial charge in [-0.2, -0.15) is 0 Å². The van der Waals surface area contributed by atoms with Gasteiger partial charge in [-0.25, -0.2) is 0 Å². The Morgan fingerprint density at radius 1 is 1.11 bits per heavy atom. The summed E-state index contributed by atoms with van der Waals surface area (Å²) in [4.78, 5) is 17.1. The van der Waals surface area contributed by atoms with Gasteiger partial charge in [0.15, 0.2) is 0 Å². The molecule has 2 saturated heterocycles. The van der Waals surface area contributed by atoms with Gasteiger partial charge in [0.25, 0.3) is 0 Å². The van der Waals surface area contributed by atoms with Crippen LogP contribution in [0.25, 0.3) is 0 Å². The summed E-state index contributed by atoms with van der Waals surface area (Å²) < 4.78 is 0. The lowest BCUT2D eigenvalue weighted by Crippen LogP contribution is -2.42. The van der Waals surface area contributed by atoms with Crippen LogP contribution in [-0.4, -0.2) is 47.9 Å².